The second-order valence-electron chi connectivity index (χ2n) is 7.84. The fraction of sp³-hybridized carbons (Fsp3) is 0.208. The average molecular weight is 524 g/mol. The molecule has 0 unspecified atom stereocenters. The van der Waals surface area contributed by atoms with E-state index in [4.69, 9.17) is 10.5 Å². The van der Waals surface area contributed by atoms with E-state index in [2.05, 4.69) is 10.0 Å². The fourth-order valence-corrected chi connectivity index (χ4v) is 3.78. The third-order valence-electron chi connectivity index (χ3n) is 4.93. The van der Waals surface area contributed by atoms with Crippen LogP contribution in [0.2, 0.25) is 0 Å². The van der Waals surface area contributed by atoms with Crippen LogP contribution >= 0.6 is 0 Å². The molecule has 0 saturated carbocycles. The van der Waals surface area contributed by atoms with Crippen molar-refractivity contribution in [1.29, 1.82) is 0 Å². The molecule has 5 N–H and O–H groups in total. The zero-order valence-corrected chi connectivity index (χ0v) is 19.9. The molecule has 0 atom stereocenters. The first-order valence-corrected chi connectivity index (χ1v) is 12.5. The van der Waals surface area contributed by atoms with Gasteiger partial charge in [0.05, 0.1) is 29.7 Å². The molecule has 0 radical (unpaired) electrons. The van der Waals surface area contributed by atoms with Crippen molar-refractivity contribution < 1.29 is 36.2 Å². The molecule has 12 heteroatoms. The van der Waals surface area contributed by atoms with E-state index in [0.29, 0.717) is 24.1 Å². The minimum atomic E-state index is -4.46. The highest BCUT2D eigenvalue weighted by Gasteiger charge is 2.30. The molecule has 0 aliphatic rings. The van der Waals surface area contributed by atoms with Crippen LogP contribution in [-0.2, 0) is 16.2 Å². The molecule has 0 aliphatic heterocycles. The number of alkyl halides is 3. The van der Waals surface area contributed by atoms with E-state index in [9.17, 15) is 31.5 Å². The summed E-state index contributed by atoms with van der Waals surface area (Å²) in [5, 5.41) is 12.5. The van der Waals surface area contributed by atoms with Crippen molar-refractivity contribution in [3.05, 3.63) is 71.8 Å². The van der Waals surface area contributed by atoms with Gasteiger partial charge in [0.1, 0.15) is 11.5 Å². The highest BCUT2D eigenvalue weighted by molar-refractivity contribution is 7.92. The first-order valence-electron chi connectivity index (χ1n) is 10.6. The summed E-state index contributed by atoms with van der Waals surface area (Å²) in [6, 6.07) is 13.0. The maximum atomic E-state index is 13.0. The standard InChI is InChI=1S/C24H24F3N3O5S/c1-36(33,34)30-20-14-18(8-10-21(20)31)29-23(32)19-9-5-16(13-22(19)35-12-2-11-28)15-3-6-17(7-4-15)24(25,26)27/h3-10,13-14,30-31H,2,11-12,28H2,1H3,(H,29,32). The molecule has 0 bridgehead atoms. The highest BCUT2D eigenvalue weighted by Crippen LogP contribution is 2.33. The van der Waals surface area contributed by atoms with Crippen LogP contribution in [0.25, 0.3) is 11.1 Å². The normalized spacial score (nSPS) is 11.7. The van der Waals surface area contributed by atoms with Crippen molar-refractivity contribution in [3.63, 3.8) is 0 Å². The van der Waals surface area contributed by atoms with Crippen LogP contribution < -0.4 is 20.5 Å². The summed E-state index contributed by atoms with van der Waals surface area (Å²) in [6.07, 6.45) is -3.03. The Hall–Kier alpha value is -3.77. The smallest absolute Gasteiger partial charge is 0.416 e. The number of hydrogen-bond donors (Lipinski definition) is 4. The van der Waals surface area contributed by atoms with Gasteiger partial charge in [0, 0.05) is 5.69 Å². The van der Waals surface area contributed by atoms with E-state index in [1.807, 2.05) is 0 Å². The maximum absolute atomic E-state index is 13.0. The van der Waals surface area contributed by atoms with Crippen LogP contribution in [-0.4, -0.2) is 38.8 Å². The summed E-state index contributed by atoms with van der Waals surface area (Å²) in [6.45, 7) is 0.554. The van der Waals surface area contributed by atoms with Crippen LogP contribution in [0.5, 0.6) is 11.5 Å². The lowest BCUT2D eigenvalue weighted by atomic mass is 10.0. The number of nitrogens with one attached hydrogen (secondary N) is 2. The first-order chi connectivity index (χ1) is 16.9. The van der Waals surface area contributed by atoms with Gasteiger partial charge in [-0.2, -0.15) is 13.2 Å². The number of halogens is 3. The summed E-state index contributed by atoms with van der Waals surface area (Å²) in [7, 11) is -3.67. The number of hydrogen-bond acceptors (Lipinski definition) is 6. The van der Waals surface area contributed by atoms with Crippen LogP contribution in [0.1, 0.15) is 22.3 Å². The number of benzene rings is 3. The fourth-order valence-electron chi connectivity index (χ4n) is 3.22. The number of aromatic hydroxyl groups is 1. The Kier molecular flexibility index (Phi) is 8.10. The number of ether oxygens (including phenoxy) is 1. The van der Waals surface area contributed by atoms with Crippen molar-refractivity contribution in [1.82, 2.24) is 0 Å². The number of amides is 1. The molecule has 0 aromatic heterocycles. The number of anilines is 2. The molecule has 36 heavy (non-hydrogen) atoms. The molecule has 1 amide bonds. The maximum Gasteiger partial charge on any atom is 0.416 e. The van der Waals surface area contributed by atoms with Crippen molar-refractivity contribution in [2.45, 2.75) is 12.6 Å². The number of phenols is 1. The van der Waals surface area contributed by atoms with Crippen LogP contribution in [0, 0.1) is 0 Å². The Morgan fingerprint density at radius 1 is 1.03 bits per heavy atom. The first kappa shape index (κ1) is 26.8. The predicted molar refractivity (Wildman–Crippen MR) is 131 cm³/mol. The van der Waals surface area contributed by atoms with Gasteiger partial charge in [-0.3, -0.25) is 9.52 Å². The molecular formula is C24H24F3N3O5S. The highest BCUT2D eigenvalue weighted by atomic mass is 32.2. The van der Waals surface area contributed by atoms with E-state index < -0.39 is 27.7 Å². The molecule has 3 aromatic carbocycles. The summed E-state index contributed by atoms with van der Waals surface area (Å²) in [5.41, 5.74) is 5.98. The predicted octanol–water partition coefficient (Wildman–Crippen LogP) is 4.43. The third-order valence-corrected chi connectivity index (χ3v) is 5.52. The summed E-state index contributed by atoms with van der Waals surface area (Å²) >= 11 is 0. The van der Waals surface area contributed by atoms with Gasteiger partial charge in [-0.15, -0.1) is 0 Å². The minimum Gasteiger partial charge on any atom is -0.506 e. The van der Waals surface area contributed by atoms with Gasteiger partial charge in [0.25, 0.3) is 5.91 Å². The zero-order valence-electron chi connectivity index (χ0n) is 19.1. The largest absolute Gasteiger partial charge is 0.506 e. The molecule has 0 heterocycles. The Labute approximate surface area is 206 Å². The Bertz CT molecular complexity index is 1340. The molecule has 8 nitrogen and oxygen atoms in total. The van der Waals surface area contributed by atoms with Crippen molar-refractivity contribution >= 4 is 27.3 Å². The van der Waals surface area contributed by atoms with Gasteiger partial charge in [-0.1, -0.05) is 18.2 Å². The SMILES string of the molecule is CS(=O)(=O)Nc1cc(NC(=O)c2ccc(-c3ccc(C(F)(F)F)cc3)cc2OCCCN)ccc1O. The van der Waals surface area contributed by atoms with E-state index in [-0.39, 0.29) is 35.0 Å². The molecule has 0 aliphatic carbocycles. The van der Waals surface area contributed by atoms with Gasteiger partial charge in [-0.05, 0) is 66.6 Å². The monoisotopic (exact) mass is 523 g/mol. The van der Waals surface area contributed by atoms with Crippen LogP contribution in [0.4, 0.5) is 24.5 Å². The van der Waals surface area contributed by atoms with Crippen molar-refractivity contribution in [3.8, 4) is 22.6 Å². The molecule has 3 aromatic rings. The van der Waals surface area contributed by atoms with Gasteiger partial charge in [0.15, 0.2) is 0 Å². The number of rotatable bonds is 9. The van der Waals surface area contributed by atoms with Gasteiger partial charge >= 0.3 is 6.18 Å². The van der Waals surface area contributed by atoms with Crippen molar-refractivity contribution in [2.24, 2.45) is 5.73 Å². The Morgan fingerprint density at radius 2 is 1.69 bits per heavy atom. The van der Waals surface area contributed by atoms with Crippen LogP contribution in [0.3, 0.4) is 0 Å². The summed E-state index contributed by atoms with van der Waals surface area (Å²) < 4.78 is 69.5. The average Bonchev–Trinajstić information content (AvgIpc) is 2.80. The lowest BCUT2D eigenvalue weighted by Crippen LogP contribution is -2.15. The van der Waals surface area contributed by atoms with E-state index in [1.165, 1.54) is 36.4 Å². The Morgan fingerprint density at radius 3 is 2.31 bits per heavy atom. The van der Waals surface area contributed by atoms with Crippen molar-refractivity contribution in [2.75, 3.05) is 29.4 Å². The van der Waals surface area contributed by atoms with Gasteiger partial charge < -0.3 is 20.9 Å². The number of carbonyl (C=O) groups excluding carboxylic acids is 1. The molecule has 0 spiro atoms. The molecule has 3 rings (SSSR count). The molecular weight excluding hydrogens is 499 g/mol. The number of carbonyl (C=O) groups is 1. The van der Waals surface area contributed by atoms with Gasteiger partial charge in [0.2, 0.25) is 10.0 Å². The molecule has 0 fully saturated rings. The lowest BCUT2D eigenvalue weighted by molar-refractivity contribution is -0.137. The molecule has 192 valence electrons. The lowest BCUT2D eigenvalue weighted by Gasteiger charge is -2.15. The van der Waals surface area contributed by atoms with E-state index in [1.54, 1.807) is 12.1 Å². The second-order valence-corrected chi connectivity index (χ2v) is 9.59. The van der Waals surface area contributed by atoms with E-state index >= 15 is 0 Å². The number of phenolic OH excluding ortho intramolecular Hbond substituents is 1. The number of sulfonamides is 1. The third kappa shape index (κ3) is 7.12. The summed E-state index contributed by atoms with van der Waals surface area (Å²) in [5.74, 6) is -0.732. The topological polar surface area (TPSA) is 131 Å². The number of nitrogens with two attached hydrogens (primary N) is 1. The zero-order chi connectivity index (χ0) is 26.5. The Balaban J connectivity index is 1.90. The quantitative estimate of drug-likeness (QED) is 0.187. The molecule has 0 saturated heterocycles. The second kappa shape index (κ2) is 10.9. The summed E-state index contributed by atoms with van der Waals surface area (Å²) in [4.78, 5) is 13.0. The minimum absolute atomic E-state index is 0.118. The van der Waals surface area contributed by atoms with Crippen LogP contribution in [0.15, 0.2) is 60.7 Å². The van der Waals surface area contributed by atoms with Gasteiger partial charge in [-0.25, -0.2) is 8.42 Å². The van der Waals surface area contributed by atoms with E-state index in [0.717, 1.165) is 18.4 Å².